The first-order chi connectivity index (χ1) is 11.6. The van der Waals surface area contributed by atoms with Crippen molar-refractivity contribution in [2.24, 2.45) is 0 Å². The van der Waals surface area contributed by atoms with Crippen molar-refractivity contribution in [3.05, 3.63) is 70.8 Å². The van der Waals surface area contributed by atoms with Crippen LogP contribution in [-0.4, -0.2) is 10.9 Å². The van der Waals surface area contributed by atoms with E-state index in [1.807, 2.05) is 36.4 Å². The van der Waals surface area contributed by atoms with Crippen LogP contribution in [0, 0.1) is 0 Å². The Bertz CT molecular complexity index is 670. The summed E-state index contributed by atoms with van der Waals surface area (Å²) in [6.45, 7) is 2.13. The monoisotopic (exact) mass is 322 g/mol. The van der Waals surface area contributed by atoms with E-state index in [1.165, 1.54) is 0 Å². The lowest BCUT2D eigenvalue weighted by molar-refractivity contribution is -0.123. The Hall–Kier alpha value is -1.93. The number of aliphatic hydroxyl groups is 1. The second-order valence-electron chi connectivity index (χ2n) is 6.85. The summed E-state index contributed by atoms with van der Waals surface area (Å²) in [4.78, 5) is 12.6. The van der Waals surface area contributed by atoms with E-state index in [-0.39, 0.29) is 12.2 Å². The highest BCUT2D eigenvalue weighted by Gasteiger charge is 2.38. The second-order valence-corrected chi connectivity index (χ2v) is 6.85. The molecule has 2 aromatic rings. The number of hydrogen-bond donors (Lipinski definition) is 1. The second kappa shape index (κ2) is 7.31. The molecule has 126 valence electrons. The lowest BCUT2D eigenvalue weighted by atomic mass is 9.79. The van der Waals surface area contributed by atoms with Gasteiger partial charge in [0, 0.05) is 12.8 Å². The van der Waals surface area contributed by atoms with Crippen LogP contribution in [0.5, 0.6) is 0 Å². The van der Waals surface area contributed by atoms with Crippen molar-refractivity contribution in [3.63, 3.8) is 0 Å². The topological polar surface area (TPSA) is 37.3 Å². The van der Waals surface area contributed by atoms with Crippen LogP contribution in [0.1, 0.15) is 61.3 Å². The maximum absolute atomic E-state index is 12.6. The van der Waals surface area contributed by atoms with Crippen LogP contribution < -0.4 is 0 Å². The number of hydrogen-bond acceptors (Lipinski definition) is 2. The number of fused-ring (bicyclic) bond motifs is 2. The molecule has 0 radical (unpaired) electrons. The van der Waals surface area contributed by atoms with Gasteiger partial charge in [0.05, 0.1) is 0 Å². The molecular weight excluding hydrogens is 296 g/mol. The third-order valence-electron chi connectivity index (χ3n) is 5.10. The first-order valence-electron chi connectivity index (χ1n) is 9.06. The van der Waals surface area contributed by atoms with Gasteiger partial charge in [-0.15, -0.1) is 0 Å². The Labute approximate surface area is 144 Å². The Morgan fingerprint density at radius 3 is 2.04 bits per heavy atom. The number of carbonyl (C=O) groups is 1. The van der Waals surface area contributed by atoms with Crippen molar-refractivity contribution in [2.75, 3.05) is 0 Å². The van der Waals surface area contributed by atoms with Crippen LogP contribution in [0.4, 0.5) is 0 Å². The van der Waals surface area contributed by atoms with Crippen molar-refractivity contribution in [1.82, 2.24) is 0 Å². The largest absolute Gasteiger partial charge is 0.380 e. The lowest BCUT2D eigenvalue weighted by Gasteiger charge is -2.30. The number of benzene rings is 2. The van der Waals surface area contributed by atoms with Crippen molar-refractivity contribution < 1.29 is 9.90 Å². The molecule has 0 spiro atoms. The summed E-state index contributed by atoms with van der Waals surface area (Å²) in [6.07, 6.45) is 5.61. The van der Waals surface area contributed by atoms with Gasteiger partial charge in [-0.2, -0.15) is 0 Å². The number of ketones is 1. The molecule has 0 amide bonds. The van der Waals surface area contributed by atoms with Crippen LogP contribution >= 0.6 is 0 Å². The van der Waals surface area contributed by atoms with Crippen molar-refractivity contribution in [1.29, 1.82) is 0 Å². The molecule has 0 atom stereocenters. The maximum Gasteiger partial charge on any atom is 0.136 e. The summed E-state index contributed by atoms with van der Waals surface area (Å²) >= 11 is 0. The number of rotatable bonds is 6. The molecule has 0 saturated carbocycles. The SMILES string of the molecule is CCCCCC(=O)CC1(O)c2ccccc2CCc2ccccc21. The van der Waals surface area contributed by atoms with Crippen LogP contribution in [0.3, 0.4) is 0 Å². The predicted octanol–water partition coefficient (Wildman–Crippen LogP) is 4.56. The zero-order valence-corrected chi connectivity index (χ0v) is 14.4. The zero-order chi connectivity index (χ0) is 17.0. The third-order valence-corrected chi connectivity index (χ3v) is 5.10. The minimum atomic E-state index is -1.20. The molecular formula is C22H26O2. The van der Waals surface area contributed by atoms with E-state index < -0.39 is 5.60 Å². The molecule has 0 aromatic heterocycles. The highest BCUT2D eigenvalue weighted by molar-refractivity contribution is 5.80. The summed E-state index contributed by atoms with van der Waals surface area (Å²) < 4.78 is 0. The van der Waals surface area contributed by atoms with E-state index in [1.54, 1.807) is 0 Å². The van der Waals surface area contributed by atoms with E-state index >= 15 is 0 Å². The summed E-state index contributed by atoms with van der Waals surface area (Å²) in [5, 5.41) is 11.7. The van der Waals surface area contributed by atoms with Gasteiger partial charge in [0.15, 0.2) is 0 Å². The molecule has 2 nitrogen and oxygen atoms in total. The average molecular weight is 322 g/mol. The summed E-state index contributed by atoms with van der Waals surface area (Å²) in [5.74, 6) is 0.150. The van der Waals surface area contributed by atoms with Gasteiger partial charge in [0.2, 0.25) is 0 Å². The number of aryl methyl sites for hydroxylation is 2. The molecule has 0 unspecified atom stereocenters. The van der Waals surface area contributed by atoms with Crippen LogP contribution in [0.2, 0.25) is 0 Å². The van der Waals surface area contributed by atoms with E-state index in [0.29, 0.717) is 6.42 Å². The molecule has 1 N–H and O–H groups in total. The minimum Gasteiger partial charge on any atom is -0.380 e. The van der Waals surface area contributed by atoms with Crippen molar-refractivity contribution in [3.8, 4) is 0 Å². The number of carbonyl (C=O) groups excluding carboxylic acids is 1. The first-order valence-corrected chi connectivity index (χ1v) is 9.06. The fourth-order valence-corrected chi connectivity index (χ4v) is 3.83. The predicted molar refractivity (Wildman–Crippen MR) is 97.1 cm³/mol. The lowest BCUT2D eigenvalue weighted by Crippen LogP contribution is -2.31. The summed E-state index contributed by atoms with van der Waals surface area (Å²) in [5.41, 5.74) is 2.90. The summed E-state index contributed by atoms with van der Waals surface area (Å²) in [7, 11) is 0. The number of unbranched alkanes of at least 4 members (excludes halogenated alkanes) is 2. The molecule has 0 bridgehead atoms. The molecule has 0 saturated heterocycles. The molecule has 0 fully saturated rings. The maximum atomic E-state index is 12.6. The highest BCUT2D eigenvalue weighted by atomic mass is 16.3. The van der Waals surface area contributed by atoms with Gasteiger partial charge in [-0.1, -0.05) is 68.3 Å². The molecule has 1 aliphatic rings. The molecule has 1 aliphatic carbocycles. The molecule has 2 heteroatoms. The normalized spacial score (nSPS) is 15.2. The van der Waals surface area contributed by atoms with Gasteiger partial charge >= 0.3 is 0 Å². The van der Waals surface area contributed by atoms with Crippen LogP contribution in [0.15, 0.2) is 48.5 Å². The Morgan fingerprint density at radius 1 is 0.958 bits per heavy atom. The standard InChI is InChI=1S/C22H26O2/c1-2-3-4-11-19(23)16-22(24)20-12-7-5-9-17(20)14-15-18-10-6-8-13-21(18)22/h5-10,12-13,24H,2-4,11,14-16H2,1H3. The van der Waals surface area contributed by atoms with E-state index in [9.17, 15) is 9.90 Å². The van der Waals surface area contributed by atoms with E-state index in [4.69, 9.17) is 0 Å². The zero-order valence-electron chi connectivity index (χ0n) is 14.4. The van der Waals surface area contributed by atoms with Gasteiger partial charge in [-0.3, -0.25) is 4.79 Å². The summed E-state index contributed by atoms with van der Waals surface area (Å²) in [6, 6.07) is 16.1. The smallest absolute Gasteiger partial charge is 0.136 e. The van der Waals surface area contributed by atoms with E-state index in [2.05, 4.69) is 19.1 Å². The third kappa shape index (κ3) is 3.29. The number of Topliss-reactive ketones (excluding diaryl/α,β-unsaturated/α-hetero) is 1. The Morgan fingerprint density at radius 2 is 1.50 bits per heavy atom. The van der Waals surface area contributed by atoms with Crippen LogP contribution in [0.25, 0.3) is 0 Å². The molecule has 24 heavy (non-hydrogen) atoms. The molecule has 0 aliphatic heterocycles. The van der Waals surface area contributed by atoms with E-state index in [0.717, 1.165) is 54.4 Å². The van der Waals surface area contributed by atoms with Gasteiger partial charge in [0.25, 0.3) is 0 Å². The van der Waals surface area contributed by atoms with Crippen molar-refractivity contribution in [2.45, 2.75) is 57.5 Å². The van der Waals surface area contributed by atoms with Crippen molar-refractivity contribution >= 4 is 5.78 Å². The quantitative estimate of drug-likeness (QED) is 0.792. The Kier molecular flexibility index (Phi) is 5.15. The van der Waals surface area contributed by atoms with Gasteiger partial charge in [0.1, 0.15) is 11.4 Å². The van der Waals surface area contributed by atoms with Crippen LogP contribution in [-0.2, 0) is 23.2 Å². The fourth-order valence-electron chi connectivity index (χ4n) is 3.83. The highest BCUT2D eigenvalue weighted by Crippen LogP contribution is 2.40. The van der Waals surface area contributed by atoms with Gasteiger partial charge in [-0.05, 0) is 41.5 Å². The minimum absolute atomic E-state index is 0.150. The molecule has 3 rings (SSSR count). The van der Waals surface area contributed by atoms with Gasteiger partial charge in [-0.25, -0.2) is 0 Å². The molecule has 0 heterocycles. The van der Waals surface area contributed by atoms with Gasteiger partial charge < -0.3 is 5.11 Å². The molecule has 2 aromatic carbocycles. The first kappa shape index (κ1) is 16.9. The Balaban J connectivity index is 1.99. The average Bonchev–Trinajstić information content (AvgIpc) is 2.71. The fraction of sp³-hybridized carbons (Fsp3) is 0.409.